The van der Waals surface area contributed by atoms with Crippen LogP contribution in [0.4, 0.5) is 0 Å². The van der Waals surface area contributed by atoms with E-state index in [2.05, 4.69) is 28.8 Å². The van der Waals surface area contributed by atoms with Gasteiger partial charge in [-0.15, -0.1) is 0 Å². The molecule has 1 aromatic rings. The number of hydrogen-bond donors (Lipinski definition) is 2. The first-order chi connectivity index (χ1) is 8.92. The molecule has 0 spiro atoms. The number of rotatable bonds is 5. The predicted molar refractivity (Wildman–Crippen MR) is 75.8 cm³/mol. The summed E-state index contributed by atoms with van der Waals surface area (Å²) < 4.78 is 0. The van der Waals surface area contributed by atoms with Gasteiger partial charge in [0.2, 0.25) is 0 Å². The Morgan fingerprint density at radius 1 is 1.22 bits per heavy atom. The molecular weight excluding hydrogens is 220 g/mol. The van der Waals surface area contributed by atoms with Crippen molar-refractivity contribution < 1.29 is 0 Å². The maximum Gasteiger partial charge on any atom is 0.0208 e. The van der Waals surface area contributed by atoms with Crippen molar-refractivity contribution in [2.45, 2.75) is 51.1 Å². The van der Waals surface area contributed by atoms with E-state index in [1.54, 1.807) is 5.56 Å². The second-order valence-corrected chi connectivity index (χ2v) is 5.72. The fourth-order valence-corrected chi connectivity index (χ4v) is 2.90. The molecule has 1 fully saturated rings. The Hall–Kier alpha value is -0.860. The molecule has 3 rings (SSSR count). The first kappa shape index (κ1) is 12.2. The summed E-state index contributed by atoms with van der Waals surface area (Å²) in [5, 5.41) is 7.09. The predicted octanol–water partition coefficient (Wildman–Crippen LogP) is 2.41. The van der Waals surface area contributed by atoms with Gasteiger partial charge in [0.15, 0.2) is 0 Å². The van der Waals surface area contributed by atoms with Crippen LogP contribution in [-0.4, -0.2) is 19.1 Å². The van der Waals surface area contributed by atoms with Crippen LogP contribution in [0.1, 0.15) is 42.4 Å². The average Bonchev–Trinajstić information content (AvgIpc) is 2.36. The molecule has 0 amide bonds. The van der Waals surface area contributed by atoms with Crippen molar-refractivity contribution in [2.24, 2.45) is 0 Å². The van der Waals surface area contributed by atoms with Gasteiger partial charge in [-0.2, -0.15) is 0 Å². The highest BCUT2D eigenvalue weighted by molar-refractivity contribution is 5.33. The highest BCUT2D eigenvalue weighted by atomic mass is 14.9. The lowest BCUT2D eigenvalue weighted by atomic mass is 9.93. The quantitative estimate of drug-likeness (QED) is 0.777. The van der Waals surface area contributed by atoms with Crippen LogP contribution in [0.15, 0.2) is 18.2 Å². The minimum Gasteiger partial charge on any atom is -0.314 e. The van der Waals surface area contributed by atoms with Gasteiger partial charge in [0.05, 0.1) is 0 Å². The van der Waals surface area contributed by atoms with Crippen molar-refractivity contribution in [2.75, 3.05) is 13.1 Å². The van der Waals surface area contributed by atoms with Crippen LogP contribution in [0.5, 0.6) is 0 Å². The first-order valence-corrected chi connectivity index (χ1v) is 7.46. The van der Waals surface area contributed by atoms with Gasteiger partial charge in [0.25, 0.3) is 0 Å². The Morgan fingerprint density at radius 2 is 2.17 bits per heavy atom. The van der Waals surface area contributed by atoms with E-state index in [-0.39, 0.29) is 0 Å². The molecule has 1 aromatic carbocycles. The van der Waals surface area contributed by atoms with Gasteiger partial charge in [-0.25, -0.2) is 0 Å². The lowest BCUT2D eigenvalue weighted by molar-refractivity contribution is 0.339. The van der Waals surface area contributed by atoms with Crippen molar-refractivity contribution in [3.8, 4) is 0 Å². The number of hydrogen-bond acceptors (Lipinski definition) is 2. The van der Waals surface area contributed by atoms with Crippen LogP contribution < -0.4 is 10.6 Å². The largest absolute Gasteiger partial charge is 0.314 e. The summed E-state index contributed by atoms with van der Waals surface area (Å²) in [6, 6.07) is 7.90. The van der Waals surface area contributed by atoms with Crippen LogP contribution in [0.2, 0.25) is 0 Å². The Balaban J connectivity index is 1.46. The molecule has 0 saturated heterocycles. The average molecular weight is 244 g/mol. The molecule has 0 atom stereocenters. The molecule has 1 heterocycles. The van der Waals surface area contributed by atoms with E-state index >= 15 is 0 Å². The molecule has 0 bridgehead atoms. The SMILES string of the molecule is c1cc2c(cc1CCCNC1CCC1)CNCC2. The molecule has 2 nitrogen and oxygen atoms in total. The molecule has 18 heavy (non-hydrogen) atoms. The smallest absolute Gasteiger partial charge is 0.0208 e. The molecule has 0 aromatic heterocycles. The molecule has 2 aliphatic rings. The minimum absolute atomic E-state index is 0.831. The summed E-state index contributed by atoms with van der Waals surface area (Å²) in [5.41, 5.74) is 4.57. The Kier molecular flexibility index (Phi) is 3.96. The molecule has 2 N–H and O–H groups in total. The van der Waals surface area contributed by atoms with E-state index in [0.29, 0.717) is 0 Å². The monoisotopic (exact) mass is 244 g/mol. The van der Waals surface area contributed by atoms with Gasteiger partial charge >= 0.3 is 0 Å². The van der Waals surface area contributed by atoms with E-state index in [0.717, 1.165) is 19.1 Å². The highest BCUT2D eigenvalue weighted by Crippen LogP contribution is 2.19. The lowest BCUT2D eigenvalue weighted by Crippen LogP contribution is -2.35. The van der Waals surface area contributed by atoms with Crippen LogP contribution >= 0.6 is 0 Å². The Morgan fingerprint density at radius 3 is 3.00 bits per heavy atom. The van der Waals surface area contributed by atoms with E-state index < -0.39 is 0 Å². The van der Waals surface area contributed by atoms with Crippen molar-refractivity contribution >= 4 is 0 Å². The van der Waals surface area contributed by atoms with Crippen molar-refractivity contribution in [3.05, 3.63) is 34.9 Å². The van der Waals surface area contributed by atoms with Gasteiger partial charge in [0.1, 0.15) is 0 Å². The van der Waals surface area contributed by atoms with E-state index in [9.17, 15) is 0 Å². The van der Waals surface area contributed by atoms with Gasteiger partial charge in [-0.05, 0) is 61.9 Å². The number of benzene rings is 1. The van der Waals surface area contributed by atoms with E-state index in [1.165, 1.54) is 56.2 Å². The summed E-state index contributed by atoms with van der Waals surface area (Å²) in [6.07, 6.45) is 7.89. The van der Waals surface area contributed by atoms with Crippen LogP contribution in [0.3, 0.4) is 0 Å². The summed E-state index contributed by atoms with van der Waals surface area (Å²) >= 11 is 0. The van der Waals surface area contributed by atoms with Crippen molar-refractivity contribution in [3.63, 3.8) is 0 Å². The zero-order valence-electron chi connectivity index (χ0n) is 11.2. The maximum absolute atomic E-state index is 3.64. The van der Waals surface area contributed by atoms with Gasteiger partial charge < -0.3 is 10.6 Å². The van der Waals surface area contributed by atoms with Gasteiger partial charge in [-0.3, -0.25) is 0 Å². The van der Waals surface area contributed by atoms with Gasteiger partial charge in [0, 0.05) is 12.6 Å². The second-order valence-electron chi connectivity index (χ2n) is 5.72. The summed E-state index contributed by atoms with van der Waals surface area (Å²) in [6.45, 7) is 3.38. The first-order valence-electron chi connectivity index (χ1n) is 7.46. The molecule has 1 aliphatic carbocycles. The zero-order chi connectivity index (χ0) is 12.2. The minimum atomic E-state index is 0.831. The number of aryl methyl sites for hydroxylation is 1. The van der Waals surface area contributed by atoms with Crippen LogP contribution in [0, 0.1) is 0 Å². The Labute approximate surface area is 110 Å². The fraction of sp³-hybridized carbons (Fsp3) is 0.625. The lowest BCUT2D eigenvalue weighted by Gasteiger charge is -2.26. The fourth-order valence-electron chi connectivity index (χ4n) is 2.90. The van der Waals surface area contributed by atoms with E-state index in [4.69, 9.17) is 0 Å². The van der Waals surface area contributed by atoms with Gasteiger partial charge in [-0.1, -0.05) is 24.6 Å². The standard InChI is InChI=1S/C16H24N2/c1-4-16(5-1)18-9-2-3-13-6-7-14-8-10-17-12-15(14)11-13/h6-7,11,16-18H,1-5,8-10,12H2. The summed E-state index contributed by atoms with van der Waals surface area (Å²) in [5.74, 6) is 0. The van der Waals surface area contributed by atoms with Crippen molar-refractivity contribution in [1.29, 1.82) is 0 Å². The number of nitrogens with one attached hydrogen (secondary N) is 2. The van der Waals surface area contributed by atoms with E-state index in [1.807, 2.05) is 0 Å². The third-order valence-electron chi connectivity index (χ3n) is 4.34. The molecule has 2 heteroatoms. The number of fused-ring (bicyclic) bond motifs is 1. The maximum atomic E-state index is 3.64. The van der Waals surface area contributed by atoms with Crippen LogP contribution in [-0.2, 0) is 19.4 Å². The summed E-state index contributed by atoms with van der Waals surface area (Å²) in [7, 11) is 0. The molecule has 98 valence electrons. The molecule has 1 aliphatic heterocycles. The molecule has 0 radical (unpaired) electrons. The van der Waals surface area contributed by atoms with Crippen molar-refractivity contribution in [1.82, 2.24) is 10.6 Å². The second kappa shape index (κ2) is 5.85. The van der Waals surface area contributed by atoms with Crippen LogP contribution in [0.25, 0.3) is 0 Å². The third kappa shape index (κ3) is 2.93. The molecule has 1 saturated carbocycles. The highest BCUT2D eigenvalue weighted by Gasteiger charge is 2.15. The zero-order valence-corrected chi connectivity index (χ0v) is 11.2. The molecular formula is C16H24N2. The summed E-state index contributed by atoms with van der Waals surface area (Å²) in [4.78, 5) is 0. The topological polar surface area (TPSA) is 24.1 Å². The normalized spacial score (nSPS) is 19.3. The third-order valence-corrected chi connectivity index (χ3v) is 4.34. The Bertz CT molecular complexity index is 396. The molecule has 0 unspecified atom stereocenters.